The summed E-state index contributed by atoms with van der Waals surface area (Å²) >= 11 is 1.68. The minimum absolute atomic E-state index is 0.0421. The van der Waals surface area contributed by atoms with E-state index in [-0.39, 0.29) is 11.9 Å². The number of halogens is 1. The Labute approximate surface area is 99.1 Å². The molecule has 0 aliphatic rings. The predicted molar refractivity (Wildman–Crippen MR) is 68.3 cm³/mol. The average Bonchev–Trinajstić information content (AvgIpc) is 2.55. The van der Waals surface area contributed by atoms with Gasteiger partial charge in [0.2, 0.25) is 0 Å². The van der Waals surface area contributed by atoms with Gasteiger partial charge in [-0.15, -0.1) is 11.3 Å². The normalized spacial score (nSPS) is 13.6. The molecule has 2 rings (SSSR count). The van der Waals surface area contributed by atoms with E-state index in [0.29, 0.717) is 5.92 Å². The number of hydrogen-bond donors (Lipinski definition) is 1. The van der Waals surface area contributed by atoms with Crippen LogP contribution in [0.25, 0.3) is 10.1 Å². The highest BCUT2D eigenvalue weighted by Gasteiger charge is 2.17. The smallest absolute Gasteiger partial charge is 0.123 e. The van der Waals surface area contributed by atoms with Crippen LogP contribution < -0.4 is 5.73 Å². The predicted octanol–water partition coefficient (Wildman–Crippen LogP) is 4.00. The fourth-order valence-corrected chi connectivity index (χ4v) is 3.20. The molecule has 1 heterocycles. The molecule has 0 aliphatic heterocycles. The van der Waals surface area contributed by atoms with Crippen LogP contribution in [0.3, 0.4) is 0 Å². The van der Waals surface area contributed by atoms with Crippen molar-refractivity contribution in [2.24, 2.45) is 11.7 Å². The van der Waals surface area contributed by atoms with Gasteiger partial charge in [0.1, 0.15) is 5.82 Å². The van der Waals surface area contributed by atoms with Crippen LogP contribution in [0.4, 0.5) is 4.39 Å². The van der Waals surface area contributed by atoms with Gasteiger partial charge in [0.15, 0.2) is 0 Å². The zero-order valence-electron chi connectivity index (χ0n) is 9.75. The molecule has 0 fully saturated rings. The molecule has 2 N–H and O–H groups in total. The van der Waals surface area contributed by atoms with Crippen molar-refractivity contribution in [2.45, 2.75) is 26.8 Å². The number of nitrogens with two attached hydrogens (primary N) is 1. The molecule has 0 radical (unpaired) electrons. The SMILES string of the molecule is Cc1c(C(N)C(C)C)sc2ccc(F)cc12. The molecule has 0 amide bonds. The molecule has 2 aromatic rings. The minimum Gasteiger partial charge on any atom is -0.323 e. The Balaban J connectivity index is 2.60. The molecule has 0 spiro atoms. The lowest BCUT2D eigenvalue weighted by atomic mass is 10.00. The minimum atomic E-state index is -0.182. The van der Waals surface area contributed by atoms with Gasteiger partial charge in [-0.3, -0.25) is 0 Å². The van der Waals surface area contributed by atoms with Gasteiger partial charge in [-0.2, -0.15) is 0 Å². The first kappa shape index (κ1) is 11.6. The molecule has 1 atom stereocenters. The maximum absolute atomic E-state index is 13.2. The second-order valence-corrected chi connectivity index (χ2v) is 5.59. The summed E-state index contributed by atoms with van der Waals surface area (Å²) in [6, 6.07) is 4.97. The molecule has 0 saturated heterocycles. The average molecular weight is 237 g/mol. The maximum Gasteiger partial charge on any atom is 0.123 e. The fourth-order valence-electron chi connectivity index (χ4n) is 1.83. The Morgan fingerprint density at radius 1 is 1.31 bits per heavy atom. The van der Waals surface area contributed by atoms with Crippen LogP contribution in [0.2, 0.25) is 0 Å². The van der Waals surface area contributed by atoms with Crippen molar-refractivity contribution < 1.29 is 4.39 Å². The van der Waals surface area contributed by atoms with E-state index in [1.165, 1.54) is 10.9 Å². The first-order valence-corrected chi connectivity index (χ1v) is 6.26. The zero-order valence-corrected chi connectivity index (χ0v) is 10.6. The second kappa shape index (κ2) is 4.15. The van der Waals surface area contributed by atoms with Crippen LogP contribution in [0, 0.1) is 18.7 Å². The molecule has 0 bridgehead atoms. The van der Waals surface area contributed by atoms with Crippen molar-refractivity contribution in [3.05, 3.63) is 34.5 Å². The fraction of sp³-hybridized carbons (Fsp3) is 0.385. The van der Waals surface area contributed by atoms with E-state index >= 15 is 0 Å². The maximum atomic E-state index is 13.2. The topological polar surface area (TPSA) is 26.0 Å². The molecule has 16 heavy (non-hydrogen) atoms. The van der Waals surface area contributed by atoms with E-state index in [1.807, 2.05) is 13.0 Å². The second-order valence-electron chi connectivity index (χ2n) is 4.50. The standard InChI is InChI=1S/C13H16FNS/c1-7(2)12(15)13-8(3)10-6-9(14)4-5-11(10)16-13/h4-7,12H,15H2,1-3H3. The third-order valence-corrected chi connectivity index (χ3v) is 4.33. The van der Waals surface area contributed by atoms with Gasteiger partial charge in [0.25, 0.3) is 0 Å². The van der Waals surface area contributed by atoms with Crippen LogP contribution in [-0.2, 0) is 0 Å². The van der Waals surface area contributed by atoms with Crippen molar-refractivity contribution >= 4 is 21.4 Å². The van der Waals surface area contributed by atoms with E-state index in [1.54, 1.807) is 17.4 Å². The van der Waals surface area contributed by atoms with Crippen LogP contribution in [-0.4, -0.2) is 0 Å². The van der Waals surface area contributed by atoms with Gasteiger partial charge < -0.3 is 5.73 Å². The Morgan fingerprint density at radius 2 is 2.00 bits per heavy atom. The highest BCUT2D eigenvalue weighted by atomic mass is 32.1. The van der Waals surface area contributed by atoms with E-state index in [0.717, 1.165) is 15.6 Å². The molecule has 86 valence electrons. The largest absolute Gasteiger partial charge is 0.323 e. The zero-order chi connectivity index (χ0) is 11.9. The lowest BCUT2D eigenvalue weighted by Gasteiger charge is -2.14. The molecule has 1 nitrogen and oxygen atoms in total. The number of benzene rings is 1. The Hall–Kier alpha value is -0.930. The number of fused-ring (bicyclic) bond motifs is 1. The van der Waals surface area contributed by atoms with Crippen LogP contribution in [0.5, 0.6) is 0 Å². The monoisotopic (exact) mass is 237 g/mol. The molecule has 1 aromatic heterocycles. The lowest BCUT2D eigenvalue weighted by molar-refractivity contribution is 0.520. The first-order valence-electron chi connectivity index (χ1n) is 5.45. The summed E-state index contributed by atoms with van der Waals surface area (Å²) in [5, 5.41) is 0.996. The quantitative estimate of drug-likeness (QED) is 0.839. The Kier molecular flexibility index (Phi) is 3.00. The highest BCUT2D eigenvalue weighted by molar-refractivity contribution is 7.19. The highest BCUT2D eigenvalue weighted by Crippen LogP contribution is 2.36. The van der Waals surface area contributed by atoms with E-state index < -0.39 is 0 Å². The Morgan fingerprint density at radius 3 is 2.62 bits per heavy atom. The summed E-state index contributed by atoms with van der Waals surface area (Å²) in [4.78, 5) is 1.18. The molecular weight excluding hydrogens is 221 g/mol. The summed E-state index contributed by atoms with van der Waals surface area (Å²) in [6.07, 6.45) is 0. The van der Waals surface area contributed by atoms with E-state index in [4.69, 9.17) is 5.73 Å². The molecular formula is C13H16FNS. The lowest BCUT2D eigenvalue weighted by Crippen LogP contribution is -2.16. The number of rotatable bonds is 2. The van der Waals surface area contributed by atoms with Gasteiger partial charge in [0, 0.05) is 15.6 Å². The van der Waals surface area contributed by atoms with Crippen molar-refractivity contribution in [2.75, 3.05) is 0 Å². The summed E-state index contributed by atoms with van der Waals surface area (Å²) in [7, 11) is 0. The summed E-state index contributed by atoms with van der Waals surface area (Å²) in [5.74, 6) is 0.217. The third-order valence-electron chi connectivity index (χ3n) is 2.96. The van der Waals surface area contributed by atoms with Crippen molar-refractivity contribution in [3.63, 3.8) is 0 Å². The molecule has 3 heteroatoms. The number of hydrogen-bond acceptors (Lipinski definition) is 2. The van der Waals surface area contributed by atoms with Crippen LogP contribution in [0.15, 0.2) is 18.2 Å². The van der Waals surface area contributed by atoms with E-state index in [9.17, 15) is 4.39 Å². The summed E-state index contributed by atoms with van der Waals surface area (Å²) in [5.41, 5.74) is 7.28. The summed E-state index contributed by atoms with van der Waals surface area (Å²) < 4.78 is 14.3. The molecule has 0 saturated carbocycles. The van der Waals surface area contributed by atoms with Crippen molar-refractivity contribution in [1.82, 2.24) is 0 Å². The van der Waals surface area contributed by atoms with E-state index in [2.05, 4.69) is 13.8 Å². The van der Waals surface area contributed by atoms with Gasteiger partial charge in [-0.25, -0.2) is 4.39 Å². The summed E-state index contributed by atoms with van der Waals surface area (Å²) in [6.45, 7) is 6.24. The third kappa shape index (κ3) is 1.85. The van der Waals surface area contributed by atoms with Crippen molar-refractivity contribution in [3.8, 4) is 0 Å². The Bertz CT molecular complexity index is 516. The first-order chi connectivity index (χ1) is 7.50. The number of thiophene rings is 1. The molecule has 1 unspecified atom stereocenters. The molecule has 0 aliphatic carbocycles. The van der Waals surface area contributed by atoms with Crippen LogP contribution in [0.1, 0.15) is 30.3 Å². The van der Waals surface area contributed by atoms with Crippen molar-refractivity contribution in [1.29, 1.82) is 0 Å². The van der Waals surface area contributed by atoms with Gasteiger partial charge in [0.05, 0.1) is 0 Å². The number of aryl methyl sites for hydroxylation is 1. The van der Waals surface area contributed by atoms with Gasteiger partial charge >= 0.3 is 0 Å². The molecule has 1 aromatic carbocycles. The van der Waals surface area contributed by atoms with Crippen LogP contribution >= 0.6 is 11.3 Å². The van der Waals surface area contributed by atoms with Gasteiger partial charge in [-0.1, -0.05) is 13.8 Å². The van der Waals surface area contributed by atoms with Gasteiger partial charge in [-0.05, 0) is 42.0 Å².